The van der Waals surface area contributed by atoms with Gasteiger partial charge in [-0.25, -0.2) is 4.79 Å². The van der Waals surface area contributed by atoms with Crippen molar-refractivity contribution < 1.29 is 14.6 Å². The number of aliphatic hydroxyl groups is 1. The Hall–Kier alpha value is -1.09. The van der Waals surface area contributed by atoms with Crippen molar-refractivity contribution in [3.63, 3.8) is 0 Å². The molecule has 0 amide bonds. The van der Waals surface area contributed by atoms with Crippen LogP contribution < -0.4 is 0 Å². The minimum atomic E-state index is -0.259. The maximum Gasteiger partial charge on any atom is 0.333 e. The fourth-order valence-electron chi connectivity index (χ4n) is 3.67. The third-order valence-corrected chi connectivity index (χ3v) is 4.69. The van der Waals surface area contributed by atoms with Crippen molar-refractivity contribution in [1.29, 1.82) is 0 Å². The molecule has 0 radical (unpaired) electrons. The molecule has 2 aliphatic rings. The fourth-order valence-corrected chi connectivity index (χ4v) is 3.67. The Morgan fingerprint density at radius 1 is 1.40 bits per heavy atom. The quantitative estimate of drug-likeness (QED) is 0.489. The second-order valence-electron chi connectivity index (χ2n) is 6.06. The van der Waals surface area contributed by atoms with Crippen molar-refractivity contribution >= 4 is 5.97 Å². The number of carbonyl (C=O) groups is 1. The van der Waals surface area contributed by atoms with Gasteiger partial charge in [0.25, 0.3) is 0 Å². The summed E-state index contributed by atoms with van der Waals surface area (Å²) in [5.74, 6) is 0.251. The van der Waals surface area contributed by atoms with Crippen LogP contribution in [0.3, 0.4) is 0 Å². The highest BCUT2D eigenvalue weighted by Crippen LogP contribution is 2.44. The molecule has 0 bridgehead atoms. The summed E-state index contributed by atoms with van der Waals surface area (Å²) in [6.45, 7) is 6.24. The lowest BCUT2D eigenvalue weighted by Crippen LogP contribution is -2.35. The third-order valence-electron chi connectivity index (χ3n) is 4.69. The zero-order chi connectivity index (χ0) is 14.7. The van der Waals surface area contributed by atoms with Crippen LogP contribution in [0.5, 0.6) is 0 Å². The molecule has 1 saturated carbocycles. The van der Waals surface area contributed by atoms with E-state index in [0.717, 1.165) is 32.1 Å². The van der Waals surface area contributed by atoms with Crippen molar-refractivity contribution in [2.45, 2.75) is 59.0 Å². The molecule has 3 nitrogen and oxygen atoms in total. The first-order chi connectivity index (χ1) is 9.54. The highest BCUT2D eigenvalue weighted by atomic mass is 16.5. The van der Waals surface area contributed by atoms with E-state index >= 15 is 0 Å². The molecular formula is C17H26O3. The molecule has 0 heterocycles. The minimum absolute atomic E-state index is 0.210. The number of aliphatic hydroxyl groups excluding tert-OH is 1. The number of fused-ring (bicyclic) bond motifs is 1. The molecule has 1 N–H and O–H groups in total. The van der Waals surface area contributed by atoms with Crippen molar-refractivity contribution in [2.24, 2.45) is 11.8 Å². The van der Waals surface area contributed by atoms with Gasteiger partial charge in [-0.3, -0.25) is 0 Å². The fraction of sp³-hybridized carbons (Fsp3) is 0.706. The van der Waals surface area contributed by atoms with E-state index in [4.69, 9.17) is 4.74 Å². The molecule has 0 unspecified atom stereocenters. The Kier molecular flexibility index (Phi) is 5.03. The largest absolute Gasteiger partial charge is 0.463 e. The average Bonchev–Trinajstić information content (AvgIpc) is 2.42. The number of rotatable bonds is 3. The van der Waals surface area contributed by atoms with Gasteiger partial charge in [-0.1, -0.05) is 17.2 Å². The first-order valence-corrected chi connectivity index (χ1v) is 7.76. The molecule has 0 aromatic rings. The maximum atomic E-state index is 11.8. The van der Waals surface area contributed by atoms with Crippen LogP contribution in [-0.4, -0.2) is 23.8 Å². The van der Waals surface area contributed by atoms with Gasteiger partial charge in [0.2, 0.25) is 0 Å². The van der Waals surface area contributed by atoms with Crippen molar-refractivity contribution in [2.75, 3.05) is 6.61 Å². The van der Waals surface area contributed by atoms with E-state index in [1.807, 2.05) is 19.9 Å². The van der Waals surface area contributed by atoms with Crippen molar-refractivity contribution in [3.8, 4) is 0 Å². The lowest BCUT2D eigenvalue weighted by atomic mass is 9.67. The lowest BCUT2D eigenvalue weighted by Gasteiger charge is -2.40. The summed E-state index contributed by atoms with van der Waals surface area (Å²) in [7, 11) is 0. The van der Waals surface area contributed by atoms with Crippen LogP contribution >= 0.6 is 0 Å². The Balaban J connectivity index is 2.20. The molecule has 2 rings (SSSR count). The predicted molar refractivity (Wildman–Crippen MR) is 79.2 cm³/mol. The van der Waals surface area contributed by atoms with E-state index in [0.29, 0.717) is 12.2 Å². The summed E-state index contributed by atoms with van der Waals surface area (Å²) in [4.78, 5) is 11.8. The lowest BCUT2D eigenvalue weighted by molar-refractivity contribution is -0.138. The average molecular weight is 278 g/mol. The highest BCUT2D eigenvalue weighted by molar-refractivity contribution is 5.87. The van der Waals surface area contributed by atoms with E-state index in [2.05, 4.69) is 6.92 Å². The number of hydrogen-bond acceptors (Lipinski definition) is 3. The summed E-state index contributed by atoms with van der Waals surface area (Å²) < 4.78 is 5.05. The van der Waals surface area contributed by atoms with E-state index < -0.39 is 0 Å². The smallest absolute Gasteiger partial charge is 0.333 e. The number of hydrogen-bond donors (Lipinski definition) is 1. The van der Waals surface area contributed by atoms with E-state index in [1.165, 1.54) is 11.1 Å². The van der Waals surface area contributed by atoms with Gasteiger partial charge in [0.05, 0.1) is 12.7 Å². The van der Waals surface area contributed by atoms with Gasteiger partial charge in [-0.15, -0.1) is 0 Å². The molecule has 0 aromatic carbocycles. The van der Waals surface area contributed by atoms with Gasteiger partial charge < -0.3 is 9.84 Å². The van der Waals surface area contributed by atoms with E-state index in [-0.39, 0.29) is 23.9 Å². The van der Waals surface area contributed by atoms with Crippen molar-refractivity contribution in [1.82, 2.24) is 0 Å². The van der Waals surface area contributed by atoms with Crippen LogP contribution in [0, 0.1) is 11.8 Å². The monoisotopic (exact) mass is 278 g/mol. The van der Waals surface area contributed by atoms with Gasteiger partial charge in [0, 0.05) is 11.5 Å². The first kappa shape index (κ1) is 15.3. The SMILES string of the molecule is CCOC(=O)/C(C)=C/[C@@H]1CCC(C)=C2CCC[C@H](O)[C@@H]21. The van der Waals surface area contributed by atoms with E-state index in [9.17, 15) is 9.90 Å². The zero-order valence-electron chi connectivity index (χ0n) is 12.8. The minimum Gasteiger partial charge on any atom is -0.463 e. The molecule has 0 aliphatic heterocycles. The highest BCUT2D eigenvalue weighted by Gasteiger charge is 2.36. The summed E-state index contributed by atoms with van der Waals surface area (Å²) in [5.41, 5.74) is 3.56. The first-order valence-electron chi connectivity index (χ1n) is 7.76. The summed E-state index contributed by atoms with van der Waals surface area (Å²) >= 11 is 0. The Morgan fingerprint density at radius 2 is 2.15 bits per heavy atom. The van der Waals surface area contributed by atoms with Crippen molar-refractivity contribution in [3.05, 3.63) is 22.8 Å². The van der Waals surface area contributed by atoms with Gasteiger partial charge in [-0.2, -0.15) is 0 Å². The molecule has 1 fully saturated rings. The molecular weight excluding hydrogens is 252 g/mol. The summed E-state index contributed by atoms with van der Waals surface area (Å²) in [5, 5.41) is 10.4. The molecule has 0 saturated heterocycles. The molecule has 3 heteroatoms. The molecule has 3 atom stereocenters. The summed E-state index contributed by atoms with van der Waals surface area (Å²) in [6.07, 6.45) is 6.94. The van der Waals surface area contributed by atoms with Crippen LogP contribution in [0.25, 0.3) is 0 Å². The maximum absolute atomic E-state index is 11.8. The van der Waals surface area contributed by atoms with Gasteiger partial charge in [0.15, 0.2) is 0 Å². The van der Waals surface area contributed by atoms with Crippen LogP contribution in [-0.2, 0) is 9.53 Å². The third kappa shape index (κ3) is 3.14. The Morgan fingerprint density at radius 3 is 2.85 bits per heavy atom. The Labute approximate surface area is 121 Å². The normalized spacial score (nSPS) is 31.0. The van der Waals surface area contributed by atoms with Gasteiger partial charge in [0.1, 0.15) is 0 Å². The number of carbonyl (C=O) groups excluding carboxylic acids is 1. The predicted octanol–water partition coefficient (Wildman–Crippen LogP) is 3.38. The van der Waals surface area contributed by atoms with E-state index in [1.54, 1.807) is 0 Å². The molecule has 0 aromatic heterocycles. The molecule has 0 spiro atoms. The molecule has 112 valence electrons. The second kappa shape index (κ2) is 6.57. The zero-order valence-corrected chi connectivity index (χ0v) is 12.8. The van der Waals surface area contributed by atoms with Crippen LogP contribution in [0.1, 0.15) is 52.9 Å². The number of ether oxygens (including phenoxy) is 1. The second-order valence-corrected chi connectivity index (χ2v) is 6.06. The standard InChI is InChI=1S/C17H26O3/c1-4-20-17(19)12(3)10-13-9-8-11(2)14-6-5-7-15(18)16(13)14/h10,13,15-16,18H,4-9H2,1-3H3/b12-10+/t13-,15-,16+/m0/s1. The molecule has 2 aliphatic carbocycles. The van der Waals surface area contributed by atoms with Crippen LogP contribution in [0.2, 0.25) is 0 Å². The van der Waals surface area contributed by atoms with Gasteiger partial charge >= 0.3 is 5.97 Å². The Bertz CT molecular complexity index is 434. The topological polar surface area (TPSA) is 46.5 Å². The van der Waals surface area contributed by atoms with Gasteiger partial charge in [-0.05, 0) is 58.8 Å². The number of allylic oxidation sites excluding steroid dienone is 2. The summed E-state index contributed by atoms with van der Waals surface area (Å²) in [6, 6.07) is 0. The number of esters is 1. The molecule has 20 heavy (non-hydrogen) atoms. The van der Waals surface area contributed by atoms with Crippen LogP contribution in [0.4, 0.5) is 0 Å². The van der Waals surface area contributed by atoms with Crippen LogP contribution in [0.15, 0.2) is 22.8 Å².